The zero-order valence-electron chi connectivity index (χ0n) is 12.4. The molecule has 108 valence electrons. The highest BCUT2D eigenvalue weighted by Gasteiger charge is 2.12. The number of benzene rings is 1. The lowest BCUT2D eigenvalue weighted by Crippen LogP contribution is -1.97. The highest BCUT2D eigenvalue weighted by molar-refractivity contribution is 5.52. The summed E-state index contributed by atoms with van der Waals surface area (Å²) in [6, 6.07) is 5.42. The first-order chi connectivity index (χ1) is 9.51. The number of hydrogen-bond acceptors (Lipinski definition) is 4. The molecule has 2 aromatic rings. The maximum absolute atomic E-state index is 5.92. The van der Waals surface area contributed by atoms with Gasteiger partial charge in [0.25, 0.3) is 0 Å². The predicted octanol–water partition coefficient (Wildman–Crippen LogP) is 3.20. The number of rotatable bonds is 5. The van der Waals surface area contributed by atoms with Gasteiger partial charge in [0.15, 0.2) is 5.75 Å². The van der Waals surface area contributed by atoms with E-state index in [1.165, 1.54) is 0 Å². The second kappa shape index (κ2) is 5.86. The minimum absolute atomic E-state index is 0.618. The van der Waals surface area contributed by atoms with Gasteiger partial charge in [0, 0.05) is 30.9 Å². The normalized spacial score (nSPS) is 10.6. The second-order valence-electron chi connectivity index (χ2n) is 4.81. The number of nitrogen functional groups attached to an aromatic ring is 1. The third-order valence-corrected chi connectivity index (χ3v) is 3.04. The molecule has 0 atom stereocenters. The first-order valence-corrected chi connectivity index (χ1v) is 6.72. The molecule has 0 spiro atoms. The van der Waals surface area contributed by atoms with Crippen LogP contribution in [0, 0.1) is 13.8 Å². The lowest BCUT2D eigenvalue weighted by Gasteiger charge is -2.10. The summed E-state index contributed by atoms with van der Waals surface area (Å²) in [4.78, 5) is 0. The van der Waals surface area contributed by atoms with E-state index in [2.05, 4.69) is 12.0 Å². The fourth-order valence-electron chi connectivity index (χ4n) is 1.98. The Hall–Kier alpha value is -2.17. The van der Waals surface area contributed by atoms with Gasteiger partial charge in [-0.3, -0.25) is 4.68 Å². The summed E-state index contributed by atoms with van der Waals surface area (Å²) < 4.78 is 13.3. The van der Waals surface area contributed by atoms with Crippen LogP contribution in [0.4, 0.5) is 5.69 Å². The van der Waals surface area contributed by atoms with Crippen molar-refractivity contribution in [1.29, 1.82) is 0 Å². The maximum Gasteiger partial charge on any atom is 0.171 e. The van der Waals surface area contributed by atoms with Crippen molar-refractivity contribution in [3.8, 4) is 17.2 Å². The number of nitrogens with zero attached hydrogens (tertiary/aromatic N) is 2. The zero-order chi connectivity index (χ0) is 14.7. The van der Waals surface area contributed by atoms with Crippen LogP contribution in [-0.4, -0.2) is 16.4 Å². The van der Waals surface area contributed by atoms with Crippen molar-refractivity contribution in [2.45, 2.75) is 27.2 Å². The number of nitrogens with two attached hydrogens (primary N) is 1. The molecular formula is C15H21N3O2. The van der Waals surface area contributed by atoms with Crippen LogP contribution in [0.3, 0.4) is 0 Å². The third-order valence-electron chi connectivity index (χ3n) is 3.04. The Morgan fingerprint density at radius 2 is 1.90 bits per heavy atom. The van der Waals surface area contributed by atoms with Gasteiger partial charge in [0.2, 0.25) is 0 Å². The molecule has 0 bridgehead atoms. The average Bonchev–Trinajstić information content (AvgIpc) is 2.62. The van der Waals surface area contributed by atoms with Crippen molar-refractivity contribution in [2.75, 3.05) is 12.3 Å². The molecule has 0 saturated heterocycles. The molecule has 0 aliphatic rings. The summed E-state index contributed by atoms with van der Waals surface area (Å²) in [6.07, 6.45) is 0.950. The monoisotopic (exact) mass is 275 g/mol. The van der Waals surface area contributed by atoms with Gasteiger partial charge >= 0.3 is 0 Å². The van der Waals surface area contributed by atoms with E-state index < -0.39 is 0 Å². The van der Waals surface area contributed by atoms with E-state index in [9.17, 15) is 0 Å². The van der Waals surface area contributed by atoms with Gasteiger partial charge in [-0.2, -0.15) is 5.10 Å². The smallest absolute Gasteiger partial charge is 0.171 e. The fraction of sp³-hybridized carbons (Fsp3) is 0.400. The first-order valence-electron chi connectivity index (χ1n) is 6.72. The highest BCUT2D eigenvalue weighted by Crippen LogP contribution is 2.32. The molecule has 1 heterocycles. The van der Waals surface area contributed by atoms with E-state index in [0.29, 0.717) is 18.0 Å². The standard InChI is InChI=1S/C15H21N3O2/c1-5-6-19-13-7-12(16)8-14(9-13)20-15-10(2)17-18(4)11(15)3/h7-9H,5-6,16H2,1-4H3. The molecule has 2 N–H and O–H groups in total. The van der Waals surface area contributed by atoms with Gasteiger partial charge in [0.1, 0.15) is 17.2 Å². The Balaban J connectivity index is 2.26. The third kappa shape index (κ3) is 3.04. The SMILES string of the molecule is CCCOc1cc(N)cc(Oc2c(C)nn(C)c2C)c1. The van der Waals surface area contributed by atoms with E-state index in [1.807, 2.05) is 27.0 Å². The second-order valence-corrected chi connectivity index (χ2v) is 4.81. The van der Waals surface area contributed by atoms with Crippen molar-refractivity contribution in [3.63, 3.8) is 0 Å². The van der Waals surface area contributed by atoms with Crippen LogP contribution in [0.5, 0.6) is 17.2 Å². The molecule has 0 fully saturated rings. The summed E-state index contributed by atoms with van der Waals surface area (Å²) in [5, 5.41) is 4.33. The molecule has 1 aromatic carbocycles. The van der Waals surface area contributed by atoms with Gasteiger partial charge in [0.05, 0.1) is 12.3 Å². The molecule has 0 aliphatic heterocycles. The summed E-state index contributed by atoms with van der Waals surface area (Å²) in [5.41, 5.74) is 8.33. The minimum Gasteiger partial charge on any atom is -0.493 e. The molecular weight excluding hydrogens is 254 g/mol. The summed E-state index contributed by atoms with van der Waals surface area (Å²) >= 11 is 0. The Kier molecular flexibility index (Phi) is 4.17. The number of hydrogen-bond donors (Lipinski definition) is 1. The van der Waals surface area contributed by atoms with Crippen LogP contribution in [0.15, 0.2) is 18.2 Å². The molecule has 5 nitrogen and oxygen atoms in total. The lowest BCUT2D eigenvalue weighted by molar-refractivity contribution is 0.316. The molecule has 20 heavy (non-hydrogen) atoms. The van der Waals surface area contributed by atoms with Crippen molar-refractivity contribution >= 4 is 5.69 Å². The van der Waals surface area contributed by atoms with Crippen molar-refractivity contribution in [3.05, 3.63) is 29.6 Å². The largest absolute Gasteiger partial charge is 0.493 e. The Bertz CT molecular complexity index is 605. The summed E-state index contributed by atoms with van der Waals surface area (Å²) in [5.74, 6) is 2.15. The summed E-state index contributed by atoms with van der Waals surface area (Å²) in [6.45, 7) is 6.61. The number of aryl methyl sites for hydroxylation is 2. The van der Waals surface area contributed by atoms with Gasteiger partial charge in [-0.1, -0.05) is 6.92 Å². The molecule has 0 amide bonds. The van der Waals surface area contributed by atoms with Crippen LogP contribution in [0.2, 0.25) is 0 Å². The van der Waals surface area contributed by atoms with Crippen LogP contribution in [0.1, 0.15) is 24.7 Å². The van der Waals surface area contributed by atoms with Crippen molar-refractivity contribution < 1.29 is 9.47 Å². The lowest BCUT2D eigenvalue weighted by atomic mass is 10.2. The van der Waals surface area contributed by atoms with Gasteiger partial charge < -0.3 is 15.2 Å². The van der Waals surface area contributed by atoms with E-state index in [1.54, 1.807) is 16.8 Å². The van der Waals surface area contributed by atoms with Crippen LogP contribution in [-0.2, 0) is 7.05 Å². The van der Waals surface area contributed by atoms with Crippen LogP contribution < -0.4 is 15.2 Å². The Morgan fingerprint density at radius 1 is 1.20 bits per heavy atom. The van der Waals surface area contributed by atoms with Crippen LogP contribution >= 0.6 is 0 Å². The fourth-order valence-corrected chi connectivity index (χ4v) is 1.98. The Labute approximate surface area is 119 Å². The maximum atomic E-state index is 5.92. The molecule has 0 unspecified atom stereocenters. The van der Waals surface area contributed by atoms with E-state index in [4.69, 9.17) is 15.2 Å². The molecule has 5 heteroatoms. The highest BCUT2D eigenvalue weighted by atomic mass is 16.5. The molecule has 1 aromatic heterocycles. The van der Waals surface area contributed by atoms with Crippen molar-refractivity contribution in [2.24, 2.45) is 7.05 Å². The van der Waals surface area contributed by atoms with Crippen molar-refractivity contribution in [1.82, 2.24) is 9.78 Å². The van der Waals surface area contributed by atoms with Gasteiger partial charge in [-0.25, -0.2) is 0 Å². The first kappa shape index (κ1) is 14.2. The minimum atomic E-state index is 0.618. The van der Waals surface area contributed by atoms with Gasteiger partial charge in [-0.05, 0) is 20.3 Å². The molecule has 2 rings (SSSR count). The topological polar surface area (TPSA) is 62.3 Å². The number of aromatic nitrogens is 2. The number of ether oxygens (including phenoxy) is 2. The van der Waals surface area contributed by atoms with Gasteiger partial charge in [-0.15, -0.1) is 0 Å². The van der Waals surface area contributed by atoms with E-state index >= 15 is 0 Å². The van der Waals surface area contributed by atoms with E-state index in [0.717, 1.165) is 29.3 Å². The molecule has 0 saturated carbocycles. The predicted molar refractivity (Wildman–Crippen MR) is 79.4 cm³/mol. The molecule has 0 aliphatic carbocycles. The number of anilines is 1. The van der Waals surface area contributed by atoms with E-state index in [-0.39, 0.29) is 0 Å². The van der Waals surface area contributed by atoms with Crippen LogP contribution in [0.25, 0.3) is 0 Å². The Morgan fingerprint density at radius 3 is 2.50 bits per heavy atom. The average molecular weight is 275 g/mol. The zero-order valence-corrected chi connectivity index (χ0v) is 12.4. The summed E-state index contributed by atoms with van der Waals surface area (Å²) in [7, 11) is 1.89. The quantitative estimate of drug-likeness (QED) is 0.851. The molecule has 0 radical (unpaired) electrons.